The van der Waals surface area contributed by atoms with Crippen molar-refractivity contribution >= 4 is 12.0 Å². The lowest BCUT2D eigenvalue weighted by molar-refractivity contribution is -0.140. The lowest BCUT2D eigenvalue weighted by Crippen LogP contribution is -2.53. The van der Waals surface area contributed by atoms with Crippen molar-refractivity contribution in [2.24, 2.45) is 11.8 Å². The largest absolute Gasteiger partial charge is 0.480 e. The number of hydrogen-bond acceptors (Lipinski definition) is 3. The average Bonchev–Trinajstić information content (AvgIpc) is 2.44. The fraction of sp³-hybridized carbons (Fsp3) is 0.857. The Balaban J connectivity index is 2.57. The van der Waals surface area contributed by atoms with E-state index in [0.717, 1.165) is 12.8 Å². The number of hydrogen-bond donors (Lipinski definition) is 2. The van der Waals surface area contributed by atoms with Gasteiger partial charge in [-0.3, -0.25) is 0 Å². The number of carboxylic acids is 1. The summed E-state index contributed by atoms with van der Waals surface area (Å²) in [5.41, 5.74) is 0. The molecule has 0 aromatic carbocycles. The molecule has 1 saturated heterocycles. The van der Waals surface area contributed by atoms with Crippen molar-refractivity contribution in [1.29, 1.82) is 0 Å². The summed E-state index contributed by atoms with van der Waals surface area (Å²) in [5, 5.41) is 11.9. The van der Waals surface area contributed by atoms with Crippen LogP contribution < -0.4 is 5.32 Å². The summed E-state index contributed by atoms with van der Waals surface area (Å²) in [4.78, 5) is 25.1. The molecule has 6 nitrogen and oxygen atoms in total. The molecule has 1 aliphatic rings. The van der Waals surface area contributed by atoms with Crippen LogP contribution in [0.25, 0.3) is 0 Å². The molecule has 0 spiro atoms. The number of rotatable bonds is 6. The van der Waals surface area contributed by atoms with E-state index in [0.29, 0.717) is 32.0 Å². The third-order valence-corrected chi connectivity index (χ3v) is 3.97. The zero-order chi connectivity index (χ0) is 15.1. The van der Waals surface area contributed by atoms with E-state index < -0.39 is 12.0 Å². The Kier molecular flexibility index (Phi) is 6.78. The first-order valence-corrected chi connectivity index (χ1v) is 7.26. The Morgan fingerprint density at radius 3 is 2.75 bits per heavy atom. The molecule has 0 aromatic rings. The predicted molar refractivity (Wildman–Crippen MR) is 75.6 cm³/mol. The van der Waals surface area contributed by atoms with Crippen LogP contribution in [0.4, 0.5) is 4.79 Å². The number of carbonyl (C=O) groups is 2. The number of urea groups is 1. The number of nitrogens with one attached hydrogen (secondary N) is 1. The molecule has 1 unspecified atom stereocenters. The first-order chi connectivity index (χ1) is 9.49. The van der Waals surface area contributed by atoms with Crippen LogP contribution in [0.2, 0.25) is 0 Å². The van der Waals surface area contributed by atoms with Crippen LogP contribution in [0.5, 0.6) is 0 Å². The highest BCUT2D eigenvalue weighted by Crippen LogP contribution is 2.17. The summed E-state index contributed by atoms with van der Waals surface area (Å²) in [5.74, 6) is -0.722. The number of carbonyl (C=O) groups excluding carboxylic acids is 1. The van der Waals surface area contributed by atoms with Gasteiger partial charge in [0, 0.05) is 26.1 Å². The van der Waals surface area contributed by atoms with E-state index in [9.17, 15) is 14.7 Å². The normalized spacial score (nSPS) is 22.1. The second kappa shape index (κ2) is 8.09. The van der Waals surface area contributed by atoms with E-state index in [-0.39, 0.29) is 11.9 Å². The van der Waals surface area contributed by atoms with Crippen LogP contribution in [0.1, 0.15) is 33.1 Å². The van der Waals surface area contributed by atoms with Crippen LogP contribution >= 0.6 is 0 Å². The van der Waals surface area contributed by atoms with Crippen molar-refractivity contribution in [3.05, 3.63) is 0 Å². The maximum Gasteiger partial charge on any atom is 0.326 e. The van der Waals surface area contributed by atoms with Crippen molar-refractivity contribution in [1.82, 2.24) is 10.2 Å². The third-order valence-electron chi connectivity index (χ3n) is 3.97. The molecule has 1 heterocycles. The Labute approximate surface area is 120 Å². The summed E-state index contributed by atoms with van der Waals surface area (Å²) in [6.07, 6.45) is 2.69. The molecule has 6 heteroatoms. The summed E-state index contributed by atoms with van der Waals surface area (Å²) in [6.45, 7) is 5.70. The van der Waals surface area contributed by atoms with E-state index in [4.69, 9.17) is 4.74 Å². The third kappa shape index (κ3) is 4.67. The maximum atomic E-state index is 12.2. The highest BCUT2D eigenvalue weighted by Gasteiger charge is 2.29. The van der Waals surface area contributed by atoms with Crippen LogP contribution in [-0.2, 0) is 9.53 Å². The number of likely N-dealkylation sites (tertiary alicyclic amines) is 1. The first kappa shape index (κ1) is 16.8. The average molecular weight is 286 g/mol. The fourth-order valence-corrected chi connectivity index (χ4v) is 2.53. The molecule has 0 aliphatic carbocycles. The number of piperidine rings is 1. The molecular weight excluding hydrogens is 260 g/mol. The van der Waals surface area contributed by atoms with Crippen LogP contribution in [-0.4, -0.2) is 54.9 Å². The smallest absolute Gasteiger partial charge is 0.326 e. The Hall–Kier alpha value is -1.30. The second-order valence-electron chi connectivity index (χ2n) is 5.56. The number of aliphatic carboxylic acids is 1. The number of ether oxygens (including phenoxy) is 1. The molecule has 0 aromatic heterocycles. The Morgan fingerprint density at radius 1 is 1.50 bits per heavy atom. The summed E-state index contributed by atoms with van der Waals surface area (Å²) in [6, 6.07) is -1.10. The monoisotopic (exact) mass is 286 g/mol. The molecule has 1 rings (SSSR count). The predicted octanol–water partition coefficient (Wildman–Crippen LogP) is 1.55. The van der Waals surface area contributed by atoms with E-state index >= 15 is 0 Å². The molecule has 0 radical (unpaired) electrons. The van der Waals surface area contributed by atoms with Crippen molar-refractivity contribution in [2.45, 2.75) is 39.2 Å². The fourth-order valence-electron chi connectivity index (χ4n) is 2.53. The minimum atomic E-state index is -0.974. The first-order valence-electron chi connectivity index (χ1n) is 7.26. The van der Waals surface area contributed by atoms with E-state index in [2.05, 4.69) is 5.32 Å². The minimum Gasteiger partial charge on any atom is -0.480 e. The van der Waals surface area contributed by atoms with Gasteiger partial charge in [-0.15, -0.1) is 0 Å². The quantitative estimate of drug-likeness (QED) is 0.776. The molecule has 20 heavy (non-hydrogen) atoms. The van der Waals surface area contributed by atoms with Gasteiger partial charge >= 0.3 is 12.0 Å². The van der Waals surface area contributed by atoms with E-state index in [1.807, 2.05) is 13.8 Å². The molecule has 1 aliphatic heterocycles. The van der Waals surface area contributed by atoms with Gasteiger partial charge in [0.2, 0.25) is 0 Å². The highest BCUT2D eigenvalue weighted by atomic mass is 16.5. The lowest BCUT2D eigenvalue weighted by atomic mass is 9.98. The molecule has 1 fully saturated rings. The SMILES string of the molecule is CC[C@H](C)[C@H](NC(=O)N1CCCC(COC)C1)C(=O)O. The van der Waals surface area contributed by atoms with Crippen molar-refractivity contribution in [3.8, 4) is 0 Å². The summed E-state index contributed by atoms with van der Waals surface area (Å²) in [7, 11) is 1.66. The topological polar surface area (TPSA) is 78.9 Å². The van der Waals surface area contributed by atoms with Gasteiger partial charge in [-0.1, -0.05) is 20.3 Å². The molecule has 0 bridgehead atoms. The number of methoxy groups -OCH3 is 1. The molecule has 3 atom stereocenters. The van der Waals surface area contributed by atoms with Gasteiger partial charge in [-0.05, 0) is 18.8 Å². The highest BCUT2D eigenvalue weighted by molar-refractivity contribution is 5.82. The van der Waals surface area contributed by atoms with Crippen LogP contribution in [0, 0.1) is 11.8 Å². The zero-order valence-corrected chi connectivity index (χ0v) is 12.6. The number of carboxylic acid groups (broad SMARTS) is 1. The maximum absolute atomic E-state index is 12.2. The van der Waals surface area contributed by atoms with Crippen LogP contribution in [0.3, 0.4) is 0 Å². The molecule has 2 N–H and O–H groups in total. The summed E-state index contributed by atoms with van der Waals surface area (Å²) >= 11 is 0. The summed E-state index contributed by atoms with van der Waals surface area (Å²) < 4.78 is 5.13. The number of nitrogens with zero attached hydrogens (tertiary/aromatic N) is 1. The lowest BCUT2D eigenvalue weighted by Gasteiger charge is -2.33. The van der Waals surface area contributed by atoms with E-state index in [1.54, 1.807) is 12.0 Å². The van der Waals surface area contributed by atoms with Crippen molar-refractivity contribution in [3.63, 3.8) is 0 Å². The van der Waals surface area contributed by atoms with Crippen molar-refractivity contribution < 1.29 is 19.4 Å². The van der Waals surface area contributed by atoms with E-state index in [1.165, 1.54) is 0 Å². The zero-order valence-electron chi connectivity index (χ0n) is 12.6. The van der Waals surface area contributed by atoms with Gasteiger partial charge in [0.15, 0.2) is 0 Å². The molecule has 116 valence electrons. The van der Waals surface area contributed by atoms with Crippen molar-refractivity contribution in [2.75, 3.05) is 26.8 Å². The minimum absolute atomic E-state index is 0.0870. The van der Waals surface area contributed by atoms with Gasteiger partial charge < -0.3 is 20.1 Å². The van der Waals surface area contributed by atoms with Gasteiger partial charge in [-0.2, -0.15) is 0 Å². The Morgan fingerprint density at radius 2 is 2.20 bits per heavy atom. The Bertz CT molecular complexity index is 333. The molecule has 0 saturated carbocycles. The van der Waals surface area contributed by atoms with Crippen LogP contribution in [0.15, 0.2) is 0 Å². The van der Waals surface area contributed by atoms with Gasteiger partial charge in [0.25, 0.3) is 0 Å². The number of amides is 2. The van der Waals surface area contributed by atoms with Gasteiger partial charge in [0.1, 0.15) is 6.04 Å². The standard InChI is InChI=1S/C14H26N2O4/c1-4-10(2)12(13(17)18)15-14(19)16-7-5-6-11(8-16)9-20-3/h10-12H,4-9H2,1-3H3,(H,15,19)(H,17,18)/t10-,11?,12-/m0/s1. The van der Waals surface area contributed by atoms with Gasteiger partial charge in [0.05, 0.1) is 6.61 Å². The molecular formula is C14H26N2O4. The molecule has 2 amide bonds. The second-order valence-corrected chi connectivity index (χ2v) is 5.56. The van der Waals surface area contributed by atoms with Gasteiger partial charge in [-0.25, -0.2) is 9.59 Å².